The summed E-state index contributed by atoms with van der Waals surface area (Å²) in [4.78, 5) is 0.375. The molecule has 0 unspecified atom stereocenters. The SMILES string of the molecule is Cc1ccc(S(=O)(=O)CC2=CC(C)(C)C[C@]23/C(=C/C#N)CC[C@H]3C)cc1. The smallest absolute Gasteiger partial charge is 0.182 e. The summed E-state index contributed by atoms with van der Waals surface area (Å²) in [6.45, 7) is 8.48. The first-order valence-corrected chi connectivity index (χ1v) is 10.9. The quantitative estimate of drug-likeness (QED) is 0.557. The molecule has 1 saturated carbocycles. The number of allylic oxidation sites excluding steroid dienone is 3. The van der Waals surface area contributed by atoms with Gasteiger partial charge in [-0.25, -0.2) is 8.42 Å². The molecule has 0 radical (unpaired) electrons. The summed E-state index contributed by atoms with van der Waals surface area (Å²) in [7, 11) is -3.41. The Bertz CT molecular complexity index is 914. The first-order chi connectivity index (χ1) is 12.1. The van der Waals surface area contributed by atoms with Gasteiger partial charge in [0.1, 0.15) is 0 Å². The molecule has 2 atom stereocenters. The Hall–Kier alpha value is -1.86. The molecule has 0 aromatic heterocycles. The third-order valence-electron chi connectivity index (χ3n) is 6.10. The number of hydrogen-bond donors (Lipinski definition) is 0. The third-order valence-corrected chi connectivity index (χ3v) is 7.78. The number of benzene rings is 1. The summed E-state index contributed by atoms with van der Waals surface area (Å²) < 4.78 is 26.2. The molecule has 4 heteroatoms. The van der Waals surface area contributed by atoms with Gasteiger partial charge in [0, 0.05) is 11.5 Å². The summed E-state index contributed by atoms with van der Waals surface area (Å²) in [5, 5.41) is 9.25. The van der Waals surface area contributed by atoms with E-state index in [-0.39, 0.29) is 16.6 Å². The van der Waals surface area contributed by atoms with Gasteiger partial charge >= 0.3 is 0 Å². The highest BCUT2D eigenvalue weighted by Crippen LogP contribution is 2.62. The van der Waals surface area contributed by atoms with E-state index in [4.69, 9.17) is 0 Å². The Morgan fingerprint density at radius 2 is 1.92 bits per heavy atom. The zero-order valence-corrected chi connectivity index (χ0v) is 16.9. The van der Waals surface area contributed by atoms with E-state index in [1.54, 1.807) is 18.2 Å². The van der Waals surface area contributed by atoms with E-state index < -0.39 is 9.84 Å². The van der Waals surface area contributed by atoms with E-state index in [0.29, 0.717) is 10.8 Å². The van der Waals surface area contributed by atoms with Crippen LogP contribution >= 0.6 is 0 Å². The Morgan fingerprint density at radius 3 is 2.54 bits per heavy atom. The van der Waals surface area contributed by atoms with Gasteiger partial charge in [0.15, 0.2) is 9.84 Å². The number of aryl methyl sites for hydroxylation is 1. The summed E-state index contributed by atoms with van der Waals surface area (Å²) in [6, 6.07) is 9.27. The zero-order valence-electron chi connectivity index (χ0n) is 16.0. The largest absolute Gasteiger partial charge is 0.223 e. The molecule has 0 aliphatic heterocycles. The van der Waals surface area contributed by atoms with Gasteiger partial charge in [-0.15, -0.1) is 0 Å². The molecule has 1 aromatic carbocycles. The van der Waals surface area contributed by atoms with Crippen LogP contribution in [0.15, 0.2) is 52.5 Å². The van der Waals surface area contributed by atoms with Crippen molar-refractivity contribution >= 4 is 9.84 Å². The molecule has 2 aliphatic rings. The first-order valence-electron chi connectivity index (χ1n) is 9.21. The highest BCUT2D eigenvalue weighted by Gasteiger charge is 2.53. The highest BCUT2D eigenvalue weighted by molar-refractivity contribution is 7.91. The van der Waals surface area contributed by atoms with Crippen molar-refractivity contribution in [2.24, 2.45) is 16.7 Å². The van der Waals surface area contributed by atoms with Gasteiger partial charge in [0.2, 0.25) is 0 Å². The van der Waals surface area contributed by atoms with Crippen molar-refractivity contribution in [3.8, 4) is 6.07 Å². The van der Waals surface area contributed by atoms with Gasteiger partial charge in [-0.2, -0.15) is 5.26 Å². The van der Waals surface area contributed by atoms with E-state index in [9.17, 15) is 13.7 Å². The molecule has 3 nitrogen and oxygen atoms in total. The lowest BCUT2D eigenvalue weighted by Gasteiger charge is -2.36. The second kappa shape index (κ2) is 6.39. The molecule has 0 saturated heterocycles. The number of hydrogen-bond acceptors (Lipinski definition) is 3. The average molecular weight is 370 g/mol. The van der Waals surface area contributed by atoms with Gasteiger partial charge in [0.05, 0.1) is 16.7 Å². The number of nitrogens with zero attached hydrogens (tertiary/aromatic N) is 1. The minimum absolute atomic E-state index is 0.0343. The fourth-order valence-corrected chi connectivity index (χ4v) is 6.40. The fraction of sp³-hybridized carbons (Fsp3) is 0.500. The number of sulfone groups is 1. The molecule has 1 fully saturated rings. The molecule has 26 heavy (non-hydrogen) atoms. The van der Waals surface area contributed by atoms with E-state index in [2.05, 4.69) is 32.9 Å². The fourth-order valence-electron chi connectivity index (χ4n) is 4.94. The van der Waals surface area contributed by atoms with Gasteiger partial charge in [-0.1, -0.05) is 44.5 Å². The molecular weight excluding hydrogens is 342 g/mol. The van der Waals surface area contributed by atoms with Crippen molar-refractivity contribution in [1.29, 1.82) is 5.26 Å². The minimum Gasteiger partial charge on any atom is -0.223 e. The lowest BCUT2D eigenvalue weighted by atomic mass is 9.68. The van der Waals surface area contributed by atoms with Crippen LogP contribution in [0.4, 0.5) is 0 Å². The normalized spacial score (nSPS) is 29.1. The van der Waals surface area contributed by atoms with Gasteiger partial charge in [0.25, 0.3) is 0 Å². The van der Waals surface area contributed by atoms with E-state index in [1.807, 2.05) is 19.1 Å². The number of rotatable bonds is 3. The molecule has 1 spiro atoms. The van der Waals surface area contributed by atoms with E-state index in [1.165, 1.54) is 0 Å². The molecule has 0 bridgehead atoms. The molecule has 2 aliphatic carbocycles. The molecule has 0 amide bonds. The lowest BCUT2D eigenvalue weighted by molar-refractivity contribution is 0.257. The van der Waals surface area contributed by atoms with E-state index in [0.717, 1.165) is 36.0 Å². The van der Waals surface area contributed by atoms with Crippen LogP contribution in [0.3, 0.4) is 0 Å². The second-order valence-corrected chi connectivity index (χ2v) is 10.6. The van der Waals surface area contributed by atoms with Crippen molar-refractivity contribution in [2.45, 2.75) is 51.9 Å². The highest BCUT2D eigenvalue weighted by atomic mass is 32.2. The summed E-state index contributed by atoms with van der Waals surface area (Å²) >= 11 is 0. The summed E-state index contributed by atoms with van der Waals surface area (Å²) in [5.41, 5.74) is 2.80. The topological polar surface area (TPSA) is 57.9 Å². The standard InChI is InChI=1S/C22H27NO2S/c1-16-5-9-20(10-6-16)26(24,25)14-19-13-21(3,4)15-22(19)17(2)7-8-18(22)11-12-23/h5-6,9-11,13,17H,7-8,14-15H2,1-4H3/b18-11+/t17-,22+/m1/s1. The van der Waals surface area contributed by atoms with Gasteiger partial charge < -0.3 is 0 Å². The number of nitriles is 1. The molecule has 3 rings (SSSR count). The van der Waals surface area contributed by atoms with E-state index >= 15 is 0 Å². The van der Waals surface area contributed by atoms with Gasteiger partial charge in [-0.3, -0.25) is 0 Å². The average Bonchev–Trinajstić information content (AvgIpc) is 2.98. The van der Waals surface area contributed by atoms with Crippen molar-refractivity contribution in [1.82, 2.24) is 0 Å². The predicted octanol–water partition coefficient (Wildman–Crippen LogP) is 4.99. The van der Waals surface area contributed by atoms with Crippen molar-refractivity contribution in [3.05, 3.63) is 53.1 Å². The molecule has 138 valence electrons. The Morgan fingerprint density at radius 1 is 1.27 bits per heavy atom. The van der Waals surface area contributed by atoms with Crippen LogP contribution in [0, 0.1) is 35.0 Å². The van der Waals surface area contributed by atoms with Crippen molar-refractivity contribution in [3.63, 3.8) is 0 Å². The molecule has 1 aromatic rings. The minimum atomic E-state index is -3.41. The second-order valence-electron chi connectivity index (χ2n) is 8.62. The third kappa shape index (κ3) is 3.14. The summed E-state index contributed by atoms with van der Waals surface area (Å²) in [5.74, 6) is 0.385. The Balaban J connectivity index is 2.05. The van der Waals surface area contributed by atoms with Crippen LogP contribution in [0.25, 0.3) is 0 Å². The summed E-state index contributed by atoms with van der Waals surface area (Å²) in [6.07, 6.45) is 6.59. The van der Waals surface area contributed by atoms with Crippen LogP contribution in [0.5, 0.6) is 0 Å². The lowest BCUT2D eigenvalue weighted by Crippen LogP contribution is -2.30. The maximum absolute atomic E-state index is 13.1. The van der Waals surface area contributed by atoms with Crippen molar-refractivity contribution in [2.75, 3.05) is 5.75 Å². The van der Waals surface area contributed by atoms with Crippen LogP contribution in [0.1, 0.15) is 45.6 Å². The zero-order chi connectivity index (χ0) is 19.2. The van der Waals surface area contributed by atoms with Gasteiger partial charge in [-0.05, 0) is 60.8 Å². The van der Waals surface area contributed by atoms with Crippen molar-refractivity contribution < 1.29 is 8.42 Å². The molecule has 0 heterocycles. The Labute approximate surface area is 157 Å². The van der Waals surface area contributed by atoms with Crippen LogP contribution in [0.2, 0.25) is 0 Å². The molecular formula is C22H27NO2S. The van der Waals surface area contributed by atoms with Crippen LogP contribution in [-0.4, -0.2) is 14.2 Å². The Kier molecular flexibility index (Phi) is 4.65. The van der Waals surface area contributed by atoms with Crippen LogP contribution < -0.4 is 0 Å². The van der Waals surface area contributed by atoms with Crippen LogP contribution in [-0.2, 0) is 9.84 Å². The first kappa shape index (κ1) is 18.9. The molecule has 0 N–H and O–H groups in total. The maximum Gasteiger partial charge on any atom is 0.182 e. The predicted molar refractivity (Wildman–Crippen MR) is 104 cm³/mol. The monoisotopic (exact) mass is 369 g/mol. The maximum atomic E-state index is 13.1.